The third-order valence-corrected chi connectivity index (χ3v) is 7.36. The molecule has 0 radical (unpaired) electrons. The van der Waals surface area contributed by atoms with E-state index in [0.29, 0.717) is 12.1 Å². The first-order valence-electron chi connectivity index (χ1n) is 12.0. The second-order valence-electron chi connectivity index (χ2n) is 9.63. The average molecular weight is 467 g/mol. The van der Waals surface area contributed by atoms with Crippen molar-refractivity contribution in [1.29, 1.82) is 5.26 Å². The summed E-state index contributed by atoms with van der Waals surface area (Å²) in [7, 11) is 1.63. The van der Waals surface area contributed by atoms with E-state index < -0.39 is 0 Å². The van der Waals surface area contributed by atoms with Crippen LogP contribution in [0.2, 0.25) is 0 Å². The molecule has 0 bridgehead atoms. The van der Waals surface area contributed by atoms with Crippen molar-refractivity contribution in [2.75, 3.05) is 37.0 Å². The second-order valence-corrected chi connectivity index (χ2v) is 9.63. The number of anilines is 2. The molecule has 0 atom stereocenters. The number of nitriles is 1. The van der Waals surface area contributed by atoms with Gasteiger partial charge in [0.15, 0.2) is 0 Å². The van der Waals surface area contributed by atoms with Crippen LogP contribution in [0.15, 0.2) is 66.7 Å². The molecule has 35 heavy (non-hydrogen) atoms. The van der Waals surface area contributed by atoms with Gasteiger partial charge in [0.1, 0.15) is 5.75 Å². The van der Waals surface area contributed by atoms with Crippen LogP contribution in [-0.4, -0.2) is 37.7 Å². The molecule has 1 saturated heterocycles. The highest BCUT2D eigenvalue weighted by molar-refractivity contribution is 6.03. The maximum Gasteiger partial charge on any atom is 0.326 e. The van der Waals surface area contributed by atoms with Gasteiger partial charge in [-0.05, 0) is 86.4 Å². The molecule has 1 N–H and O–H groups in total. The zero-order chi connectivity index (χ0) is 24.4. The van der Waals surface area contributed by atoms with Gasteiger partial charge in [-0.1, -0.05) is 29.8 Å². The molecule has 3 aromatic rings. The summed E-state index contributed by atoms with van der Waals surface area (Å²) in [5, 5.41) is 12.1. The number of nitrogens with zero attached hydrogens (tertiary/aromatic N) is 3. The highest BCUT2D eigenvalue weighted by Crippen LogP contribution is 2.47. The van der Waals surface area contributed by atoms with Crippen LogP contribution in [0.25, 0.3) is 0 Å². The number of hydrogen-bond acceptors (Lipinski definition) is 4. The van der Waals surface area contributed by atoms with E-state index in [1.807, 2.05) is 53.4 Å². The van der Waals surface area contributed by atoms with Crippen molar-refractivity contribution >= 4 is 17.4 Å². The Morgan fingerprint density at radius 3 is 2.43 bits per heavy atom. The van der Waals surface area contributed by atoms with E-state index in [1.54, 1.807) is 7.11 Å². The average Bonchev–Trinajstić information content (AvgIpc) is 3.19. The molecule has 1 fully saturated rings. The fourth-order valence-corrected chi connectivity index (χ4v) is 5.34. The van der Waals surface area contributed by atoms with Gasteiger partial charge >= 0.3 is 6.03 Å². The second kappa shape index (κ2) is 9.44. The molecular weight excluding hydrogens is 436 g/mol. The molecule has 0 saturated carbocycles. The number of methoxy groups -OCH3 is 1. The summed E-state index contributed by atoms with van der Waals surface area (Å²) in [5.41, 5.74) is 6.17. The number of carbonyl (C=O) groups excluding carboxylic acids is 1. The Kier molecular flexibility index (Phi) is 6.19. The zero-order valence-electron chi connectivity index (χ0n) is 20.3. The smallest absolute Gasteiger partial charge is 0.326 e. The summed E-state index contributed by atoms with van der Waals surface area (Å²) in [5.74, 6) is 0.761. The van der Waals surface area contributed by atoms with Crippen molar-refractivity contribution in [2.45, 2.75) is 31.7 Å². The first kappa shape index (κ1) is 22.9. The summed E-state index contributed by atoms with van der Waals surface area (Å²) in [4.78, 5) is 17.7. The maximum atomic E-state index is 13.4. The number of piperidine rings is 1. The van der Waals surface area contributed by atoms with E-state index >= 15 is 0 Å². The summed E-state index contributed by atoms with van der Waals surface area (Å²) in [6.07, 6.45) is 2.01. The lowest BCUT2D eigenvalue weighted by Crippen LogP contribution is -2.46. The van der Waals surface area contributed by atoms with E-state index in [-0.39, 0.29) is 11.4 Å². The SMILES string of the molecule is COc1ccc(NC(=O)N2CC3(CCN(Cc4ccc(C#N)cc4)CC3)c3cc(C)ccc32)cc1. The van der Waals surface area contributed by atoms with Crippen molar-refractivity contribution < 1.29 is 9.53 Å². The maximum absolute atomic E-state index is 13.4. The number of aryl methyl sites for hydroxylation is 1. The van der Waals surface area contributed by atoms with Gasteiger partial charge in [-0.2, -0.15) is 5.26 Å². The normalized spacial score (nSPS) is 16.5. The lowest BCUT2D eigenvalue weighted by atomic mass is 9.74. The van der Waals surface area contributed by atoms with Gasteiger partial charge in [-0.25, -0.2) is 4.79 Å². The molecule has 6 heteroatoms. The minimum atomic E-state index is -0.0999. The zero-order valence-corrected chi connectivity index (χ0v) is 20.3. The van der Waals surface area contributed by atoms with Crippen molar-refractivity contribution in [1.82, 2.24) is 4.90 Å². The monoisotopic (exact) mass is 466 g/mol. The highest BCUT2D eigenvalue weighted by Gasteiger charge is 2.46. The summed E-state index contributed by atoms with van der Waals surface area (Å²) in [6.45, 7) is 5.64. The number of likely N-dealkylation sites (tertiary alicyclic amines) is 1. The lowest BCUT2D eigenvalue weighted by molar-refractivity contribution is 0.160. The van der Waals surface area contributed by atoms with E-state index in [1.165, 1.54) is 16.7 Å². The number of benzene rings is 3. The number of hydrogen-bond donors (Lipinski definition) is 1. The predicted molar refractivity (Wildman–Crippen MR) is 138 cm³/mol. The number of amides is 2. The topological polar surface area (TPSA) is 68.6 Å². The van der Waals surface area contributed by atoms with E-state index in [4.69, 9.17) is 10.00 Å². The molecular formula is C29H30N4O2. The molecule has 178 valence electrons. The molecule has 2 amide bonds. The Morgan fingerprint density at radius 2 is 1.77 bits per heavy atom. The van der Waals surface area contributed by atoms with Crippen LogP contribution in [0.3, 0.4) is 0 Å². The Labute approximate surface area is 206 Å². The van der Waals surface area contributed by atoms with E-state index in [0.717, 1.165) is 49.6 Å². The Morgan fingerprint density at radius 1 is 1.06 bits per heavy atom. The fourth-order valence-electron chi connectivity index (χ4n) is 5.34. The van der Waals surface area contributed by atoms with Crippen molar-refractivity contribution in [3.05, 3.63) is 89.0 Å². The Balaban J connectivity index is 1.31. The van der Waals surface area contributed by atoms with Crippen LogP contribution in [0.5, 0.6) is 5.75 Å². The number of nitrogens with one attached hydrogen (secondary N) is 1. The molecule has 5 rings (SSSR count). The number of fused-ring (bicyclic) bond motifs is 2. The van der Waals surface area contributed by atoms with Crippen LogP contribution in [-0.2, 0) is 12.0 Å². The lowest BCUT2D eigenvalue weighted by Gasteiger charge is -2.40. The first-order chi connectivity index (χ1) is 17.0. The molecule has 2 heterocycles. The van der Waals surface area contributed by atoms with Gasteiger partial charge in [0.05, 0.1) is 18.7 Å². The quantitative estimate of drug-likeness (QED) is 0.554. The molecule has 1 spiro atoms. The van der Waals surface area contributed by atoms with Crippen LogP contribution in [0, 0.1) is 18.3 Å². The molecule has 2 aliphatic rings. The van der Waals surface area contributed by atoms with Crippen LogP contribution < -0.4 is 15.0 Å². The largest absolute Gasteiger partial charge is 0.497 e. The standard InChI is InChI=1S/C29H30N4O2/c1-21-3-12-27-26(17-21)29(20-33(27)28(34)31-24-8-10-25(35-2)11-9-24)13-15-32(16-14-29)19-23-6-4-22(18-30)5-7-23/h3-12,17H,13-16,19-20H2,1-2H3,(H,31,34). The van der Waals surface area contributed by atoms with Gasteiger partial charge in [-0.3, -0.25) is 9.80 Å². The van der Waals surface area contributed by atoms with Gasteiger partial charge in [0.25, 0.3) is 0 Å². The van der Waals surface area contributed by atoms with E-state index in [9.17, 15) is 4.79 Å². The van der Waals surface area contributed by atoms with Crippen molar-refractivity contribution in [3.8, 4) is 11.8 Å². The van der Waals surface area contributed by atoms with Gasteiger partial charge in [0, 0.05) is 29.9 Å². The predicted octanol–water partition coefficient (Wildman–Crippen LogP) is 5.46. The van der Waals surface area contributed by atoms with Crippen LogP contribution >= 0.6 is 0 Å². The van der Waals surface area contributed by atoms with Crippen LogP contribution in [0.1, 0.15) is 35.1 Å². The highest BCUT2D eigenvalue weighted by atomic mass is 16.5. The number of carbonyl (C=O) groups is 1. The number of rotatable bonds is 4. The third-order valence-electron chi connectivity index (χ3n) is 7.36. The summed E-state index contributed by atoms with van der Waals surface area (Å²) >= 11 is 0. The molecule has 0 unspecified atom stereocenters. The van der Waals surface area contributed by atoms with Gasteiger partial charge in [0.2, 0.25) is 0 Å². The van der Waals surface area contributed by atoms with Crippen LogP contribution in [0.4, 0.5) is 16.2 Å². The van der Waals surface area contributed by atoms with Crippen molar-refractivity contribution in [3.63, 3.8) is 0 Å². The molecule has 3 aromatic carbocycles. The molecule has 0 aromatic heterocycles. The summed E-state index contributed by atoms with van der Waals surface area (Å²) in [6, 6.07) is 23.8. The van der Waals surface area contributed by atoms with Gasteiger partial charge in [-0.15, -0.1) is 0 Å². The fraction of sp³-hybridized carbons (Fsp3) is 0.310. The Bertz CT molecular complexity index is 1250. The first-order valence-corrected chi connectivity index (χ1v) is 12.0. The molecule has 0 aliphatic carbocycles. The number of ether oxygens (including phenoxy) is 1. The Hall–Kier alpha value is -3.82. The minimum Gasteiger partial charge on any atom is -0.497 e. The van der Waals surface area contributed by atoms with E-state index in [2.05, 4.69) is 41.4 Å². The third kappa shape index (κ3) is 4.60. The summed E-state index contributed by atoms with van der Waals surface area (Å²) < 4.78 is 5.22. The molecule has 2 aliphatic heterocycles. The van der Waals surface area contributed by atoms with Crippen molar-refractivity contribution in [2.24, 2.45) is 0 Å². The molecule has 6 nitrogen and oxygen atoms in total. The number of urea groups is 1. The van der Waals surface area contributed by atoms with Gasteiger partial charge < -0.3 is 10.1 Å². The minimum absolute atomic E-state index is 0.0280.